The Bertz CT molecular complexity index is 1390. The zero-order valence-electron chi connectivity index (χ0n) is 18.7. The fourth-order valence-corrected chi connectivity index (χ4v) is 3.67. The fourth-order valence-electron chi connectivity index (χ4n) is 3.67. The molecule has 2 N–H and O–H groups in total. The molecule has 0 atom stereocenters. The molecule has 2 amide bonds. The third kappa shape index (κ3) is 4.54. The zero-order valence-corrected chi connectivity index (χ0v) is 18.7. The minimum Gasteiger partial charge on any atom is -0.339 e. The predicted octanol–water partition coefficient (Wildman–Crippen LogP) is 3.34. The molecule has 4 aromatic rings. The van der Waals surface area contributed by atoms with Crippen molar-refractivity contribution in [3.63, 3.8) is 0 Å². The second kappa shape index (κ2) is 8.73. The fraction of sp³-hybridized carbons (Fsp3) is 0.261. The highest BCUT2D eigenvalue weighted by atomic mass is 16.5. The van der Waals surface area contributed by atoms with Crippen LogP contribution in [0, 0.1) is 6.92 Å². The van der Waals surface area contributed by atoms with E-state index in [-0.39, 0.29) is 30.1 Å². The number of nitrogens with one attached hydrogen (secondary N) is 2. The minimum absolute atomic E-state index is 0.0936. The second-order valence-electron chi connectivity index (χ2n) is 7.98. The Kier molecular flexibility index (Phi) is 5.82. The number of anilines is 2. The van der Waals surface area contributed by atoms with Crippen molar-refractivity contribution in [3.8, 4) is 11.4 Å². The number of aryl methyl sites for hydroxylation is 1. The molecule has 10 nitrogen and oxygen atoms in total. The van der Waals surface area contributed by atoms with Crippen LogP contribution in [0.15, 0.2) is 51.8 Å². The molecule has 0 aliphatic heterocycles. The van der Waals surface area contributed by atoms with E-state index in [0.717, 1.165) is 0 Å². The van der Waals surface area contributed by atoms with Crippen LogP contribution in [0.4, 0.5) is 11.4 Å². The number of rotatable bonds is 6. The van der Waals surface area contributed by atoms with Crippen molar-refractivity contribution >= 4 is 34.2 Å². The molecule has 170 valence electrons. The number of carbonyl (C=O) groups is 2. The number of hydrogen-bond acceptors (Lipinski definition) is 6. The average molecular weight is 448 g/mol. The zero-order chi connectivity index (χ0) is 23.7. The first-order valence-corrected chi connectivity index (χ1v) is 10.5. The highest BCUT2D eigenvalue weighted by molar-refractivity contribution is 5.93. The van der Waals surface area contributed by atoms with Crippen LogP contribution >= 0.6 is 0 Å². The highest BCUT2D eigenvalue weighted by Gasteiger charge is 2.19. The lowest BCUT2D eigenvalue weighted by atomic mass is 10.2. The SMILES string of the molecule is CC(=O)Nc1ccc(NC(=O)Cn2c(=O)n(C(C)C)c3ccc(-c4noc(C)n4)cc32)cc1. The third-order valence-corrected chi connectivity index (χ3v) is 5.06. The van der Waals surface area contributed by atoms with Gasteiger partial charge in [-0.05, 0) is 56.3 Å². The first-order chi connectivity index (χ1) is 15.7. The molecule has 0 saturated carbocycles. The van der Waals surface area contributed by atoms with Crippen molar-refractivity contribution in [2.45, 2.75) is 40.3 Å². The van der Waals surface area contributed by atoms with Crippen LogP contribution in [0.2, 0.25) is 0 Å². The maximum Gasteiger partial charge on any atom is 0.329 e. The van der Waals surface area contributed by atoms with Gasteiger partial charge in [0.1, 0.15) is 6.54 Å². The number of carbonyl (C=O) groups excluding carboxylic acids is 2. The quantitative estimate of drug-likeness (QED) is 0.466. The van der Waals surface area contributed by atoms with Gasteiger partial charge >= 0.3 is 5.69 Å². The normalized spacial score (nSPS) is 11.2. The van der Waals surface area contributed by atoms with Gasteiger partial charge in [-0.25, -0.2) is 4.79 Å². The van der Waals surface area contributed by atoms with Crippen molar-refractivity contribution in [1.82, 2.24) is 19.3 Å². The minimum atomic E-state index is -0.354. The molecular formula is C23H24N6O4. The van der Waals surface area contributed by atoms with E-state index >= 15 is 0 Å². The summed E-state index contributed by atoms with van der Waals surface area (Å²) in [6.07, 6.45) is 0. The van der Waals surface area contributed by atoms with Gasteiger partial charge in [0.05, 0.1) is 11.0 Å². The van der Waals surface area contributed by atoms with Gasteiger partial charge in [0.2, 0.25) is 23.5 Å². The van der Waals surface area contributed by atoms with E-state index in [9.17, 15) is 14.4 Å². The number of amides is 2. The van der Waals surface area contributed by atoms with Gasteiger partial charge in [-0.2, -0.15) is 4.98 Å². The standard InChI is InChI=1S/C23H24N6O4/c1-13(2)29-19-10-5-16(22-25-15(4)33-27-22)11-20(19)28(23(29)32)12-21(31)26-18-8-6-17(7-9-18)24-14(3)30/h5-11,13H,12H2,1-4H3,(H,24,30)(H,26,31). The van der Waals surface area contributed by atoms with E-state index in [1.54, 1.807) is 41.8 Å². The van der Waals surface area contributed by atoms with Crippen molar-refractivity contribution in [1.29, 1.82) is 0 Å². The molecule has 0 saturated heterocycles. The molecule has 0 fully saturated rings. The Morgan fingerprint density at radius 1 is 1.03 bits per heavy atom. The van der Waals surface area contributed by atoms with E-state index in [0.29, 0.717) is 39.7 Å². The summed E-state index contributed by atoms with van der Waals surface area (Å²) in [7, 11) is 0. The summed E-state index contributed by atoms with van der Waals surface area (Å²) in [4.78, 5) is 41.4. The van der Waals surface area contributed by atoms with Crippen LogP contribution in [0.5, 0.6) is 0 Å². The summed E-state index contributed by atoms with van der Waals surface area (Å²) in [5, 5.41) is 9.40. The molecular weight excluding hydrogens is 424 g/mol. The van der Waals surface area contributed by atoms with E-state index in [1.165, 1.54) is 11.5 Å². The van der Waals surface area contributed by atoms with Crippen LogP contribution in [0.25, 0.3) is 22.4 Å². The largest absolute Gasteiger partial charge is 0.339 e. The number of hydrogen-bond donors (Lipinski definition) is 2. The van der Waals surface area contributed by atoms with Gasteiger partial charge in [0, 0.05) is 36.8 Å². The van der Waals surface area contributed by atoms with Crippen molar-refractivity contribution in [2.75, 3.05) is 10.6 Å². The van der Waals surface area contributed by atoms with Crippen molar-refractivity contribution in [3.05, 3.63) is 58.8 Å². The van der Waals surface area contributed by atoms with Gasteiger partial charge in [0.25, 0.3) is 0 Å². The first-order valence-electron chi connectivity index (χ1n) is 10.5. The van der Waals surface area contributed by atoms with Crippen molar-refractivity contribution in [2.24, 2.45) is 0 Å². The molecule has 33 heavy (non-hydrogen) atoms. The number of aromatic nitrogens is 4. The van der Waals surface area contributed by atoms with E-state index in [2.05, 4.69) is 20.8 Å². The predicted molar refractivity (Wildman–Crippen MR) is 124 cm³/mol. The molecule has 0 aliphatic rings. The van der Waals surface area contributed by atoms with Gasteiger partial charge in [-0.3, -0.25) is 18.7 Å². The molecule has 2 aromatic heterocycles. The Morgan fingerprint density at radius 2 is 1.70 bits per heavy atom. The van der Waals surface area contributed by atoms with Crippen molar-refractivity contribution < 1.29 is 14.1 Å². The van der Waals surface area contributed by atoms with Gasteiger partial charge < -0.3 is 15.2 Å². The van der Waals surface area contributed by atoms with Crippen LogP contribution in [-0.4, -0.2) is 31.1 Å². The highest BCUT2D eigenvalue weighted by Crippen LogP contribution is 2.24. The molecule has 10 heteroatoms. The molecule has 4 rings (SSSR count). The lowest BCUT2D eigenvalue weighted by Gasteiger charge is -2.08. The number of benzene rings is 2. The summed E-state index contributed by atoms with van der Waals surface area (Å²) in [5.74, 6) is 0.316. The molecule has 0 radical (unpaired) electrons. The van der Waals surface area contributed by atoms with E-state index < -0.39 is 0 Å². The second-order valence-corrected chi connectivity index (χ2v) is 7.98. The van der Waals surface area contributed by atoms with Gasteiger partial charge in [-0.15, -0.1) is 0 Å². The smallest absolute Gasteiger partial charge is 0.329 e. The summed E-state index contributed by atoms with van der Waals surface area (Å²) < 4.78 is 8.15. The summed E-state index contributed by atoms with van der Waals surface area (Å²) in [6, 6.07) is 12.1. The molecule has 0 spiro atoms. The maximum absolute atomic E-state index is 13.2. The molecule has 2 heterocycles. The Morgan fingerprint density at radius 3 is 2.27 bits per heavy atom. The summed E-state index contributed by atoms with van der Waals surface area (Å²) in [6.45, 7) is 6.79. The van der Waals surface area contributed by atoms with Crippen LogP contribution in [0.1, 0.15) is 32.7 Å². The lowest BCUT2D eigenvalue weighted by molar-refractivity contribution is -0.117. The van der Waals surface area contributed by atoms with E-state index in [1.807, 2.05) is 26.0 Å². The first kappa shape index (κ1) is 22.0. The Hall–Kier alpha value is -4.21. The lowest BCUT2D eigenvalue weighted by Crippen LogP contribution is -2.30. The molecule has 2 aromatic carbocycles. The summed E-state index contributed by atoms with van der Waals surface area (Å²) >= 11 is 0. The van der Waals surface area contributed by atoms with Crippen LogP contribution in [0.3, 0.4) is 0 Å². The third-order valence-electron chi connectivity index (χ3n) is 5.06. The molecule has 0 unspecified atom stereocenters. The van der Waals surface area contributed by atoms with Gasteiger partial charge in [-0.1, -0.05) is 5.16 Å². The average Bonchev–Trinajstić information content (AvgIpc) is 3.30. The molecule has 0 bridgehead atoms. The number of imidazole rings is 1. The number of nitrogens with zero attached hydrogens (tertiary/aromatic N) is 4. The van der Waals surface area contributed by atoms with Crippen LogP contribution in [-0.2, 0) is 16.1 Å². The Balaban J connectivity index is 1.65. The maximum atomic E-state index is 13.2. The monoisotopic (exact) mass is 448 g/mol. The Labute approximate surface area is 189 Å². The summed E-state index contributed by atoms with van der Waals surface area (Å²) in [5.41, 5.74) is 2.90. The van der Waals surface area contributed by atoms with Crippen LogP contribution < -0.4 is 16.3 Å². The van der Waals surface area contributed by atoms with E-state index in [4.69, 9.17) is 4.52 Å². The topological polar surface area (TPSA) is 124 Å². The molecule has 0 aliphatic carbocycles. The number of fused-ring (bicyclic) bond motifs is 1. The van der Waals surface area contributed by atoms with Gasteiger partial charge in [0.15, 0.2) is 0 Å².